The van der Waals surface area contributed by atoms with Gasteiger partial charge < -0.3 is 5.11 Å². The molecule has 0 heterocycles. The molecule has 5 atom stereocenters. The molecule has 2 aliphatic carbocycles. The Morgan fingerprint density at radius 1 is 1.28 bits per heavy atom. The van der Waals surface area contributed by atoms with E-state index >= 15 is 0 Å². The molecule has 2 heteroatoms. The highest BCUT2D eigenvalue weighted by Gasteiger charge is 2.58. The monoisotopic (exact) mass is 249 g/mol. The van der Waals surface area contributed by atoms with Gasteiger partial charge in [-0.25, -0.2) is 0 Å². The first-order valence-electron chi connectivity index (χ1n) is 7.62. The summed E-state index contributed by atoms with van der Waals surface area (Å²) in [6, 6.07) is 2.55. The molecule has 2 fully saturated rings. The van der Waals surface area contributed by atoms with Crippen LogP contribution >= 0.6 is 0 Å². The van der Waals surface area contributed by atoms with Crippen LogP contribution in [0.5, 0.6) is 0 Å². The maximum Gasteiger partial charge on any atom is 0.0865 e. The Kier molecular flexibility index (Phi) is 3.74. The van der Waals surface area contributed by atoms with Crippen molar-refractivity contribution in [2.24, 2.45) is 23.2 Å². The molecular formula is C16H27NO. The van der Waals surface area contributed by atoms with Crippen LogP contribution in [0.3, 0.4) is 0 Å². The number of hydrogen-bond acceptors (Lipinski definition) is 2. The van der Waals surface area contributed by atoms with Crippen molar-refractivity contribution in [3.63, 3.8) is 0 Å². The fourth-order valence-corrected chi connectivity index (χ4v) is 4.40. The second-order valence-corrected chi connectivity index (χ2v) is 6.79. The Balaban J connectivity index is 2.29. The van der Waals surface area contributed by atoms with E-state index < -0.39 is 11.0 Å². The Morgan fingerprint density at radius 3 is 2.56 bits per heavy atom. The molecule has 0 bridgehead atoms. The van der Waals surface area contributed by atoms with E-state index in [1.807, 2.05) is 0 Å². The molecule has 1 N–H and O–H groups in total. The summed E-state index contributed by atoms with van der Waals surface area (Å²) in [6.45, 7) is 6.59. The summed E-state index contributed by atoms with van der Waals surface area (Å²) in [4.78, 5) is 0. The quantitative estimate of drug-likeness (QED) is 0.806. The summed E-state index contributed by atoms with van der Waals surface area (Å²) in [7, 11) is 0. The molecule has 2 nitrogen and oxygen atoms in total. The van der Waals surface area contributed by atoms with Crippen LogP contribution in [0.25, 0.3) is 0 Å². The van der Waals surface area contributed by atoms with Gasteiger partial charge in [0, 0.05) is 0 Å². The van der Waals surface area contributed by atoms with Crippen molar-refractivity contribution in [2.45, 2.75) is 71.3 Å². The minimum absolute atomic E-state index is 0.251. The van der Waals surface area contributed by atoms with E-state index in [1.165, 1.54) is 6.42 Å². The summed E-state index contributed by atoms with van der Waals surface area (Å²) in [5.41, 5.74) is -1.22. The van der Waals surface area contributed by atoms with Crippen LogP contribution < -0.4 is 0 Å². The molecule has 0 aliphatic heterocycles. The van der Waals surface area contributed by atoms with Crippen LogP contribution in [0, 0.1) is 34.5 Å². The molecule has 2 saturated carbocycles. The Bertz CT molecular complexity index is 347. The maximum atomic E-state index is 11.3. The number of hydrogen-bond donors (Lipinski definition) is 1. The number of aliphatic hydroxyl groups is 1. The van der Waals surface area contributed by atoms with Crippen LogP contribution in [0.2, 0.25) is 0 Å². The van der Waals surface area contributed by atoms with E-state index in [9.17, 15) is 10.4 Å². The Hall–Kier alpha value is -0.550. The highest BCUT2D eigenvalue weighted by molar-refractivity contribution is 5.17. The van der Waals surface area contributed by atoms with E-state index in [4.69, 9.17) is 0 Å². The average Bonchev–Trinajstić information content (AvgIpc) is 2.81. The predicted molar refractivity (Wildman–Crippen MR) is 72.8 cm³/mol. The summed E-state index contributed by atoms with van der Waals surface area (Å²) >= 11 is 0. The predicted octanol–water partition coefficient (Wildman–Crippen LogP) is 3.89. The van der Waals surface area contributed by atoms with Gasteiger partial charge in [-0.15, -0.1) is 0 Å². The fraction of sp³-hybridized carbons (Fsp3) is 0.938. The molecule has 0 amide bonds. The van der Waals surface area contributed by atoms with Crippen molar-refractivity contribution in [1.29, 1.82) is 5.26 Å². The fourth-order valence-electron chi connectivity index (χ4n) is 4.40. The molecule has 0 spiro atoms. The van der Waals surface area contributed by atoms with Crippen LogP contribution in [-0.2, 0) is 0 Å². The van der Waals surface area contributed by atoms with E-state index in [0.29, 0.717) is 11.8 Å². The second kappa shape index (κ2) is 4.85. The molecule has 0 saturated heterocycles. The summed E-state index contributed by atoms with van der Waals surface area (Å²) in [5.74, 6) is 1.43. The summed E-state index contributed by atoms with van der Waals surface area (Å²) in [5, 5.41) is 21.0. The van der Waals surface area contributed by atoms with Crippen LogP contribution in [0.15, 0.2) is 0 Å². The van der Waals surface area contributed by atoms with Gasteiger partial charge in [-0.3, -0.25) is 0 Å². The van der Waals surface area contributed by atoms with Gasteiger partial charge in [0.05, 0.1) is 17.1 Å². The van der Waals surface area contributed by atoms with Crippen molar-refractivity contribution in [1.82, 2.24) is 0 Å². The lowest BCUT2D eigenvalue weighted by molar-refractivity contribution is -0.134. The standard InChI is InChI=1S/C16H27NO/c1-4-14-7-9-15(10-14,11-17)16(18)8-5-6-12(2)13(16)3/h12-14,18H,4-10H2,1-3H3. The average molecular weight is 249 g/mol. The van der Waals surface area contributed by atoms with Gasteiger partial charge in [0.2, 0.25) is 0 Å². The maximum absolute atomic E-state index is 11.3. The molecule has 0 aromatic carbocycles. The lowest BCUT2D eigenvalue weighted by Crippen LogP contribution is -2.54. The van der Waals surface area contributed by atoms with Crippen molar-refractivity contribution < 1.29 is 5.11 Å². The van der Waals surface area contributed by atoms with Crippen molar-refractivity contribution in [3.05, 3.63) is 0 Å². The molecule has 0 aromatic heterocycles. The third-order valence-electron chi connectivity index (χ3n) is 6.06. The topological polar surface area (TPSA) is 44.0 Å². The first-order chi connectivity index (χ1) is 8.49. The first kappa shape index (κ1) is 13.9. The minimum Gasteiger partial charge on any atom is -0.388 e. The Labute approximate surface area is 111 Å². The first-order valence-corrected chi connectivity index (χ1v) is 7.62. The van der Waals surface area contributed by atoms with E-state index in [0.717, 1.165) is 38.5 Å². The zero-order chi connectivity index (χ0) is 13.4. The van der Waals surface area contributed by atoms with Crippen LogP contribution in [0.4, 0.5) is 0 Å². The minimum atomic E-state index is -0.747. The van der Waals surface area contributed by atoms with Gasteiger partial charge in [-0.2, -0.15) is 5.26 Å². The molecule has 18 heavy (non-hydrogen) atoms. The summed E-state index contributed by atoms with van der Waals surface area (Å²) in [6.07, 6.45) is 7.16. The zero-order valence-corrected chi connectivity index (χ0v) is 12.1. The normalized spacial score (nSPS) is 48.9. The number of nitrogens with zero attached hydrogens (tertiary/aromatic N) is 1. The van der Waals surface area contributed by atoms with Gasteiger partial charge in [-0.1, -0.05) is 40.0 Å². The van der Waals surface area contributed by atoms with Gasteiger partial charge in [-0.05, 0) is 43.4 Å². The molecule has 0 radical (unpaired) electrons. The molecule has 102 valence electrons. The van der Waals surface area contributed by atoms with Gasteiger partial charge in [0.25, 0.3) is 0 Å². The lowest BCUT2D eigenvalue weighted by atomic mass is 9.57. The van der Waals surface area contributed by atoms with Crippen LogP contribution in [-0.4, -0.2) is 10.7 Å². The molecule has 2 aliphatic rings. The van der Waals surface area contributed by atoms with E-state index in [2.05, 4.69) is 26.8 Å². The van der Waals surface area contributed by atoms with Crippen molar-refractivity contribution in [2.75, 3.05) is 0 Å². The van der Waals surface area contributed by atoms with E-state index in [-0.39, 0.29) is 5.92 Å². The third kappa shape index (κ3) is 1.88. The summed E-state index contributed by atoms with van der Waals surface area (Å²) < 4.78 is 0. The zero-order valence-electron chi connectivity index (χ0n) is 12.1. The molecular weight excluding hydrogens is 222 g/mol. The van der Waals surface area contributed by atoms with Crippen molar-refractivity contribution in [3.8, 4) is 6.07 Å². The Morgan fingerprint density at radius 2 is 2.00 bits per heavy atom. The largest absolute Gasteiger partial charge is 0.388 e. The van der Waals surface area contributed by atoms with Crippen LogP contribution in [0.1, 0.15) is 65.7 Å². The third-order valence-corrected chi connectivity index (χ3v) is 6.06. The molecule has 5 unspecified atom stereocenters. The van der Waals surface area contributed by atoms with Crippen molar-refractivity contribution >= 4 is 0 Å². The number of rotatable bonds is 2. The van der Waals surface area contributed by atoms with Gasteiger partial charge >= 0.3 is 0 Å². The lowest BCUT2D eigenvalue weighted by Gasteiger charge is -2.50. The highest BCUT2D eigenvalue weighted by Crippen LogP contribution is 2.57. The molecule has 2 rings (SSSR count). The van der Waals surface area contributed by atoms with E-state index in [1.54, 1.807) is 0 Å². The second-order valence-electron chi connectivity index (χ2n) is 6.79. The van der Waals surface area contributed by atoms with Gasteiger partial charge in [0.1, 0.15) is 0 Å². The SMILES string of the molecule is CCC1CCC(C#N)(C2(O)CCCC(C)C2C)C1. The highest BCUT2D eigenvalue weighted by atomic mass is 16.3. The number of nitriles is 1. The molecule has 0 aromatic rings. The van der Waals surface area contributed by atoms with Gasteiger partial charge in [0.15, 0.2) is 0 Å². The smallest absolute Gasteiger partial charge is 0.0865 e.